The molecule has 0 fully saturated rings. The molecule has 51 heavy (non-hydrogen) atoms. The fraction of sp³-hybridized carbons (Fsp3) is 0.395. The fourth-order valence-corrected chi connectivity index (χ4v) is 6.04. The van der Waals surface area contributed by atoms with Crippen molar-refractivity contribution >= 4 is 23.7 Å². The van der Waals surface area contributed by atoms with Crippen molar-refractivity contribution in [1.29, 1.82) is 0 Å². The van der Waals surface area contributed by atoms with E-state index in [2.05, 4.69) is 5.32 Å². The number of phenolic OH excluding ortho intramolecular Hbond substituents is 4. The number of aromatic hydroxyl groups is 4. The number of amides is 1. The van der Waals surface area contributed by atoms with Crippen molar-refractivity contribution in [3.63, 3.8) is 0 Å². The molecule has 274 valence electrons. The van der Waals surface area contributed by atoms with E-state index in [0.717, 1.165) is 0 Å². The molecule has 13 heteroatoms. The lowest BCUT2D eigenvalue weighted by molar-refractivity contribution is -0.122. The van der Waals surface area contributed by atoms with Gasteiger partial charge in [0.1, 0.15) is 22.8 Å². The summed E-state index contributed by atoms with van der Waals surface area (Å²) in [5, 5.41) is 56.2. The quantitative estimate of drug-likeness (QED) is 0.116. The third-order valence-electron chi connectivity index (χ3n) is 8.76. The number of methoxy groups -OCH3 is 3. The van der Waals surface area contributed by atoms with Gasteiger partial charge in [-0.15, -0.1) is 0 Å². The molecule has 1 heterocycles. The standard InChI is InChI=1S/C38H45NO12/c1-21-9-8-12-25(40)11-7-5-6-10-23-16-29(43)35(36(46)34(23)38(47)51-21)26(24-17-31(48-2)37(50-4)32(18-24)49-3)19-33(45)39-20-30(44)22-13-14-27(41)28(42)15-22/h6,10,13-18,21,26,30,41-44,46H,5,7-9,11-12,19-20H2,1-4H3,(H,39,45)/b10-6+/t21-,26?,30?/m0/s1. The zero-order valence-electron chi connectivity index (χ0n) is 29.1. The van der Waals surface area contributed by atoms with Gasteiger partial charge in [-0.1, -0.05) is 18.2 Å². The van der Waals surface area contributed by atoms with E-state index in [1.807, 2.05) is 0 Å². The number of fused-ring (bicyclic) bond motifs is 1. The SMILES string of the molecule is COc1cc(C(CC(=O)NCC(O)c2ccc(O)c(O)c2)c2c(O)cc3c(c2O)C(=O)O[C@@H](C)CCCC(=O)CCC/C=C/3)cc(OC)c1OC. The van der Waals surface area contributed by atoms with Crippen molar-refractivity contribution in [2.75, 3.05) is 27.9 Å². The summed E-state index contributed by atoms with van der Waals surface area (Å²) in [7, 11) is 4.24. The van der Waals surface area contributed by atoms with Gasteiger partial charge in [0, 0.05) is 37.3 Å². The van der Waals surface area contributed by atoms with E-state index in [0.29, 0.717) is 44.1 Å². The van der Waals surface area contributed by atoms with E-state index in [1.165, 1.54) is 45.6 Å². The smallest absolute Gasteiger partial charge is 0.342 e. The molecule has 3 aromatic carbocycles. The Morgan fingerprint density at radius 1 is 0.902 bits per heavy atom. The Morgan fingerprint density at radius 3 is 2.24 bits per heavy atom. The second-order valence-electron chi connectivity index (χ2n) is 12.3. The van der Waals surface area contributed by atoms with Gasteiger partial charge in [-0.2, -0.15) is 0 Å². The van der Waals surface area contributed by atoms with E-state index in [-0.39, 0.29) is 57.6 Å². The summed E-state index contributed by atoms with van der Waals surface area (Å²) in [6.45, 7) is 1.41. The van der Waals surface area contributed by atoms with Gasteiger partial charge in [0.05, 0.1) is 33.5 Å². The third-order valence-corrected chi connectivity index (χ3v) is 8.76. The first-order chi connectivity index (χ1) is 24.4. The van der Waals surface area contributed by atoms with Crippen LogP contribution in [0.4, 0.5) is 0 Å². The molecule has 1 aliphatic heterocycles. The summed E-state index contributed by atoms with van der Waals surface area (Å²) in [4.78, 5) is 39.5. The number of ketones is 1. The van der Waals surface area contributed by atoms with E-state index >= 15 is 0 Å². The number of nitrogens with one attached hydrogen (secondary N) is 1. The van der Waals surface area contributed by atoms with Gasteiger partial charge in [0.2, 0.25) is 11.7 Å². The molecule has 1 aliphatic rings. The Kier molecular flexibility index (Phi) is 13.2. The van der Waals surface area contributed by atoms with Crippen molar-refractivity contribution in [3.05, 3.63) is 70.3 Å². The van der Waals surface area contributed by atoms with Crippen LogP contribution in [0.25, 0.3) is 6.08 Å². The van der Waals surface area contributed by atoms with Crippen molar-refractivity contribution in [3.8, 4) is 40.2 Å². The largest absolute Gasteiger partial charge is 0.507 e. The number of hydrogen-bond acceptors (Lipinski definition) is 12. The number of rotatable bonds is 10. The molecule has 3 aromatic rings. The lowest BCUT2D eigenvalue weighted by Crippen LogP contribution is -2.30. The van der Waals surface area contributed by atoms with Gasteiger partial charge in [-0.25, -0.2) is 4.79 Å². The van der Waals surface area contributed by atoms with Crippen LogP contribution in [-0.2, 0) is 14.3 Å². The number of esters is 1. The maximum Gasteiger partial charge on any atom is 0.342 e. The van der Waals surface area contributed by atoms with E-state index in [9.17, 15) is 39.9 Å². The number of cyclic esters (lactones) is 1. The number of phenols is 4. The van der Waals surface area contributed by atoms with Crippen LogP contribution in [-0.4, -0.2) is 77.2 Å². The molecule has 2 unspecified atom stereocenters. The number of allylic oxidation sites excluding steroid dienone is 1. The highest BCUT2D eigenvalue weighted by Gasteiger charge is 2.32. The maximum atomic E-state index is 13.7. The van der Waals surface area contributed by atoms with Crippen LogP contribution in [0.2, 0.25) is 0 Å². The van der Waals surface area contributed by atoms with Gasteiger partial charge in [-0.05, 0) is 79.6 Å². The molecule has 0 saturated heterocycles. The minimum absolute atomic E-state index is 0.135. The lowest BCUT2D eigenvalue weighted by Gasteiger charge is -2.24. The number of benzene rings is 3. The zero-order chi connectivity index (χ0) is 37.2. The topological polar surface area (TPSA) is 201 Å². The maximum absolute atomic E-state index is 13.7. The molecule has 1 amide bonds. The first-order valence-corrected chi connectivity index (χ1v) is 16.6. The monoisotopic (exact) mass is 707 g/mol. The van der Waals surface area contributed by atoms with Crippen molar-refractivity contribution in [2.45, 2.75) is 70.0 Å². The zero-order valence-corrected chi connectivity index (χ0v) is 29.1. The van der Waals surface area contributed by atoms with Crippen LogP contribution >= 0.6 is 0 Å². The Bertz CT molecular complexity index is 1740. The highest BCUT2D eigenvalue weighted by molar-refractivity contribution is 5.98. The normalized spacial score (nSPS) is 17.2. The molecule has 0 spiro atoms. The second-order valence-corrected chi connectivity index (χ2v) is 12.3. The number of carbonyl (C=O) groups is 3. The molecular weight excluding hydrogens is 662 g/mol. The summed E-state index contributed by atoms with van der Waals surface area (Å²) < 4.78 is 22.2. The molecule has 0 saturated carbocycles. The van der Waals surface area contributed by atoms with Crippen LogP contribution in [0.3, 0.4) is 0 Å². The molecule has 0 aromatic heterocycles. The van der Waals surface area contributed by atoms with Gasteiger partial charge in [0.15, 0.2) is 23.0 Å². The number of ether oxygens (including phenoxy) is 4. The van der Waals surface area contributed by atoms with Gasteiger partial charge in [0.25, 0.3) is 0 Å². The average Bonchev–Trinajstić information content (AvgIpc) is 3.09. The number of Topliss-reactive ketones (excluding diaryl/α,β-unsaturated/α-hetero) is 1. The molecule has 0 bridgehead atoms. The first kappa shape index (κ1) is 38.4. The molecule has 0 radical (unpaired) electrons. The number of carbonyl (C=O) groups excluding carboxylic acids is 3. The molecule has 3 atom stereocenters. The molecule has 0 aliphatic carbocycles. The highest BCUT2D eigenvalue weighted by Crippen LogP contribution is 2.47. The minimum Gasteiger partial charge on any atom is -0.507 e. The van der Waals surface area contributed by atoms with E-state index in [4.69, 9.17) is 18.9 Å². The predicted molar refractivity (Wildman–Crippen MR) is 187 cm³/mol. The van der Waals surface area contributed by atoms with E-state index in [1.54, 1.807) is 31.2 Å². The molecular formula is C38H45NO12. The molecule has 13 nitrogen and oxygen atoms in total. The van der Waals surface area contributed by atoms with Crippen LogP contribution in [0.1, 0.15) is 96.5 Å². The Morgan fingerprint density at radius 2 is 1.59 bits per heavy atom. The number of aliphatic hydroxyl groups excluding tert-OH is 1. The van der Waals surface area contributed by atoms with Gasteiger partial charge >= 0.3 is 5.97 Å². The van der Waals surface area contributed by atoms with Crippen molar-refractivity contribution in [2.24, 2.45) is 0 Å². The summed E-state index contributed by atoms with van der Waals surface area (Å²) in [5.74, 6) is -3.55. The summed E-state index contributed by atoms with van der Waals surface area (Å²) in [6.07, 6.45) is 3.94. The van der Waals surface area contributed by atoms with E-state index < -0.39 is 53.7 Å². The summed E-state index contributed by atoms with van der Waals surface area (Å²) in [5.41, 5.74) is 0.409. The van der Waals surface area contributed by atoms with Crippen molar-refractivity contribution < 1.29 is 58.9 Å². The third kappa shape index (κ3) is 9.43. The second kappa shape index (κ2) is 17.5. The van der Waals surface area contributed by atoms with Gasteiger partial charge in [-0.3, -0.25) is 9.59 Å². The average molecular weight is 708 g/mol. The Balaban J connectivity index is 1.80. The Labute approximate surface area is 296 Å². The fourth-order valence-electron chi connectivity index (χ4n) is 6.04. The molecule has 6 N–H and O–H groups in total. The Hall–Kier alpha value is -5.43. The first-order valence-electron chi connectivity index (χ1n) is 16.6. The van der Waals surface area contributed by atoms with Gasteiger partial charge < -0.3 is 49.8 Å². The summed E-state index contributed by atoms with van der Waals surface area (Å²) >= 11 is 0. The van der Waals surface area contributed by atoms with Crippen LogP contribution in [0.5, 0.6) is 40.2 Å². The van der Waals surface area contributed by atoms with Crippen molar-refractivity contribution in [1.82, 2.24) is 5.32 Å². The summed E-state index contributed by atoms with van der Waals surface area (Å²) in [6, 6.07) is 8.20. The minimum atomic E-state index is -1.25. The van der Waals surface area contributed by atoms with Crippen LogP contribution in [0, 0.1) is 0 Å². The lowest BCUT2D eigenvalue weighted by atomic mass is 9.84. The predicted octanol–water partition coefficient (Wildman–Crippen LogP) is 5.39. The van der Waals surface area contributed by atoms with Crippen LogP contribution in [0.15, 0.2) is 42.5 Å². The number of hydrogen-bond donors (Lipinski definition) is 6. The number of aliphatic hydroxyl groups is 1. The van der Waals surface area contributed by atoms with Crippen LogP contribution < -0.4 is 19.5 Å². The highest BCUT2D eigenvalue weighted by atomic mass is 16.5. The molecule has 4 rings (SSSR count).